The summed E-state index contributed by atoms with van der Waals surface area (Å²) in [4.78, 5) is 0.0719. The molecule has 4 rings (SSSR count). The Labute approximate surface area is 193 Å². The number of nitrogens with two attached hydrogens (primary N) is 1. The molecule has 3 aromatic carbocycles. The van der Waals surface area contributed by atoms with Gasteiger partial charge >= 0.3 is 0 Å². The van der Waals surface area contributed by atoms with E-state index in [4.69, 9.17) is 21.5 Å². The summed E-state index contributed by atoms with van der Waals surface area (Å²) in [5.74, 6) is 0.710. The van der Waals surface area contributed by atoms with Crippen LogP contribution in [0, 0.1) is 0 Å². The van der Waals surface area contributed by atoms with Crippen LogP contribution in [0.3, 0.4) is 0 Å². The van der Waals surface area contributed by atoms with Crippen LogP contribution in [0.4, 0.5) is 0 Å². The lowest BCUT2D eigenvalue weighted by Crippen LogP contribution is -2.12. The molecule has 0 unspecified atom stereocenters. The SMILES string of the molecule is CCc1ccc(-c2cc(Cl)ccc2OCc2ccccc2)n1-c1ccc(S(N)(=O)=O)cc1. The number of sulfonamides is 1. The van der Waals surface area contributed by atoms with Crippen molar-refractivity contribution in [1.29, 1.82) is 0 Å². The monoisotopic (exact) mass is 466 g/mol. The summed E-state index contributed by atoms with van der Waals surface area (Å²) in [7, 11) is -3.76. The van der Waals surface area contributed by atoms with E-state index in [0.29, 0.717) is 17.4 Å². The van der Waals surface area contributed by atoms with Gasteiger partial charge in [0.05, 0.1) is 10.6 Å². The van der Waals surface area contributed by atoms with Crippen LogP contribution in [-0.4, -0.2) is 13.0 Å². The van der Waals surface area contributed by atoms with Crippen molar-refractivity contribution in [3.8, 4) is 22.7 Å². The zero-order valence-electron chi connectivity index (χ0n) is 17.5. The van der Waals surface area contributed by atoms with E-state index in [-0.39, 0.29) is 4.90 Å². The predicted molar refractivity (Wildman–Crippen MR) is 128 cm³/mol. The molecule has 0 aliphatic rings. The van der Waals surface area contributed by atoms with E-state index in [1.807, 2.05) is 54.6 Å². The van der Waals surface area contributed by atoms with Gasteiger partial charge in [-0.3, -0.25) is 0 Å². The highest BCUT2D eigenvalue weighted by Crippen LogP contribution is 2.36. The standard InChI is InChI=1S/C25H23ClN2O3S/c1-2-20-11-14-24(28(20)21-9-12-22(13-10-21)32(27,29)30)23-16-19(26)8-15-25(23)31-17-18-6-4-3-5-7-18/h3-16H,2,17H2,1H3,(H2,27,29,30). The topological polar surface area (TPSA) is 74.3 Å². The molecule has 0 fully saturated rings. The summed E-state index contributed by atoms with van der Waals surface area (Å²) in [6, 6.07) is 26.1. The molecule has 7 heteroatoms. The fraction of sp³-hybridized carbons (Fsp3) is 0.120. The van der Waals surface area contributed by atoms with Gasteiger partial charge in [-0.25, -0.2) is 13.6 Å². The number of ether oxygens (including phenoxy) is 1. The highest BCUT2D eigenvalue weighted by molar-refractivity contribution is 7.89. The summed E-state index contributed by atoms with van der Waals surface area (Å²) in [5.41, 5.74) is 4.71. The Hall–Kier alpha value is -3.06. The minimum atomic E-state index is -3.76. The number of benzene rings is 3. The van der Waals surface area contributed by atoms with Crippen molar-refractivity contribution in [2.24, 2.45) is 5.14 Å². The number of halogens is 1. The summed E-state index contributed by atoms with van der Waals surface area (Å²) < 4.78 is 31.5. The summed E-state index contributed by atoms with van der Waals surface area (Å²) >= 11 is 6.35. The Kier molecular flexibility index (Phi) is 6.37. The van der Waals surface area contributed by atoms with Crippen LogP contribution < -0.4 is 9.88 Å². The third-order valence-corrected chi connectivity index (χ3v) is 6.37. The van der Waals surface area contributed by atoms with Crippen molar-refractivity contribution in [1.82, 2.24) is 4.57 Å². The van der Waals surface area contributed by atoms with E-state index >= 15 is 0 Å². The molecule has 1 aromatic heterocycles. The summed E-state index contributed by atoms with van der Waals surface area (Å²) in [6.45, 7) is 2.50. The second-order valence-electron chi connectivity index (χ2n) is 7.35. The van der Waals surface area contributed by atoms with Crippen LogP contribution in [0.15, 0.2) is 89.8 Å². The second kappa shape index (κ2) is 9.20. The molecule has 32 heavy (non-hydrogen) atoms. The summed E-state index contributed by atoms with van der Waals surface area (Å²) in [6.07, 6.45) is 0.789. The zero-order valence-corrected chi connectivity index (χ0v) is 19.1. The fourth-order valence-corrected chi connectivity index (χ4v) is 4.31. The number of rotatable bonds is 7. The van der Waals surface area contributed by atoms with Crippen LogP contribution >= 0.6 is 11.6 Å². The Balaban J connectivity index is 1.78. The molecular weight excluding hydrogens is 444 g/mol. The Bertz CT molecular complexity index is 1330. The molecule has 1 heterocycles. The number of hydrogen-bond acceptors (Lipinski definition) is 3. The number of aryl methyl sites for hydroxylation is 1. The molecule has 0 spiro atoms. The quantitative estimate of drug-likeness (QED) is 0.386. The molecule has 0 saturated heterocycles. The van der Waals surface area contributed by atoms with Crippen molar-refractivity contribution >= 4 is 21.6 Å². The van der Waals surface area contributed by atoms with Gasteiger partial charge in [0.2, 0.25) is 10.0 Å². The zero-order chi connectivity index (χ0) is 22.7. The maximum absolute atomic E-state index is 11.7. The van der Waals surface area contributed by atoms with Crippen LogP contribution in [0.5, 0.6) is 5.75 Å². The second-order valence-corrected chi connectivity index (χ2v) is 9.35. The van der Waals surface area contributed by atoms with E-state index in [2.05, 4.69) is 11.5 Å². The minimum Gasteiger partial charge on any atom is -0.488 e. The van der Waals surface area contributed by atoms with Crippen LogP contribution in [0.2, 0.25) is 5.02 Å². The number of nitrogens with zero attached hydrogens (tertiary/aromatic N) is 1. The highest BCUT2D eigenvalue weighted by atomic mass is 35.5. The van der Waals surface area contributed by atoms with E-state index < -0.39 is 10.0 Å². The largest absolute Gasteiger partial charge is 0.488 e. The molecule has 0 aliphatic heterocycles. The number of primary sulfonamides is 1. The van der Waals surface area contributed by atoms with Crippen molar-refractivity contribution in [2.45, 2.75) is 24.8 Å². The lowest BCUT2D eigenvalue weighted by Gasteiger charge is -2.17. The first kappa shape index (κ1) is 22.1. The normalized spacial score (nSPS) is 11.5. The molecule has 0 aliphatic carbocycles. The minimum absolute atomic E-state index is 0.0719. The van der Waals surface area contributed by atoms with Gasteiger partial charge < -0.3 is 9.30 Å². The summed E-state index contributed by atoms with van der Waals surface area (Å²) in [5, 5.41) is 5.85. The Morgan fingerprint density at radius 1 is 0.938 bits per heavy atom. The molecule has 0 bridgehead atoms. The molecule has 2 N–H and O–H groups in total. The van der Waals surface area contributed by atoms with Gasteiger partial charge in [-0.05, 0) is 66.6 Å². The molecule has 0 saturated carbocycles. The van der Waals surface area contributed by atoms with Crippen LogP contribution in [0.25, 0.3) is 16.9 Å². The number of aromatic nitrogens is 1. The molecule has 5 nitrogen and oxygen atoms in total. The first-order valence-corrected chi connectivity index (χ1v) is 12.1. The van der Waals surface area contributed by atoms with Gasteiger partial charge in [0.1, 0.15) is 12.4 Å². The Morgan fingerprint density at radius 3 is 2.31 bits per heavy atom. The molecule has 0 radical (unpaired) electrons. The third kappa shape index (κ3) is 4.72. The van der Waals surface area contributed by atoms with Gasteiger partial charge in [-0.1, -0.05) is 48.9 Å². The van der Waals surface area contributed by atoms with Crippen molar-refractivity contribution in [2.75, 3.05) is 0 Å². The van der Waals surface area contributed by atoms with Gasteiger partial charge in [-0.15, -0.1) is 0 Å². The predicted octanol–water partition coefficient (Wildman–Crippen LogP) is 5.59. The maximum Gasteiger partial charge on any atom is 0.238 e. The van der Waals surface area contributed by atoms with Gasteiger partial charge in [0.25, 0.3) is 0 Å². The van der Waals surface area contributed by atoms with Crippen molar-refractivity contribution < 1.29 is 13.2 Å². The lowest BCUT2D eigenvalue weighted by atomic mass is 10.1. The lowest BCUT2D eigenvalue weighted by molar-refractivity contribution is 0.307. The molecular formula is C25H23ClN2O3S. The van der Waals surface area contributed by atoms with Crippen molar-refractivity contribution in [3.63, 3.8) is 0 Å². The first-order chi connectivity index (χ1) is 15.4. The Morgan fingerprint density at radius 2 is 1.66 bits per heavy atom. The van der Waals surface area contributed by atoms with E-state index in [1.165, 1.54) is 12.1 Å². The van der Waals surface area contributed by atoms with Gasteiger partial charge in [0.15, 0.2) is 0 Å². The average Bonchev–Trinajstić information content (AvgIpc) is 3.22. The van der Waals surface area contributed by atoms with Crippen molar-refractivity contribution in [3.05, 3.63) is 101 Å². The molecule has 4 aromatic rings. The maximum atomic E-state index is 11.7. The van der Waals surface area contributed by atoms with Gasteiger partial charge in [0, 0.05) is 22.0 Å². The third-order valence-electron chi connectivity index (χ3n) is 5.20. The highest BCUT2D eigenvalue weighted by Gasteiger charge is 2.17. The van der Waals surface area contributed by atoms with Crippen LogP contribution in [-0.2, 0) is 23.1 Å². The first-order valence-electron chi connectivity index (χ1n) is 10.2. The fourth-order valence-electron chi connectivity index (χ4n) is 3.62. The average molecular weight is 467 g/mol. The van der Waals surface area contributed by atoms with Gasteiger partial charge in [-0.2, -0.15) is 0 Å². The molecule has 0 amide bonds. The van der Waals surface area contributed by atoms with E-state index in [0.717, 1.165) is 34.6 Å². The smallest absolute Gasteiger partial charge is 0.238 e. The van der Waals surface area contributed by atoms with E-state index in [9.17, 15) is 8.42 Å². The number of hydrogen-bond donors (Lipinski definition) is 1. The molecule has 0 atom stereocenters. The van der Waals surface area contributed by atoms with E-state index in [1.54, 1.807) is 18.2 Å². The molecule has 164 valence electrons. The van der Waals surface area contributed by atoms with Crippen LogP contribution in [0.1, 0.15) is 18.2 Å².